The first-order chi connectivity index (χ1) is 13.6. The smallest absolute Gasteiger partial charge is 0.342 e. The van der Waals surface area contributed by atoms with E-state index in [0.717, 1.165) is 11.1 Å². The summed E-state index contributed by atoms with van der Waals surface area (Å²) in [6.45, 7) is 9.00. The van der Waals surface area contributed by atoms with Crippen LogP contribution in [0.2, 0.25) is 0 Å². The van der Waals surface area contributed by atoms with E-state index in [1.54, 1.807) is 31.2 Å². The molecule has 0 heterocycles. The normalized spacial score (nSPS) is 10.2. The topological polar surface area (TPSA) is 139 Å². The molecule has 0 radical (unpaired) electrons. The molecule has 4 N–H and O–H groups in total. The van der Waals surface area contributed by atoms with Gasteiger partial charge in [-0.15, -0.1) is 5.10 Å². The first-order valence-electron chi connectivity index (χ1n) is 8.51. The molecule has 0 aliphatic carbocycles. The minimum atomic E-state index is -4.01. The van der Waals surface area contributed by atoms with Gasteiger partial charge < -0.3 is 25.1 Å². The molecule has 0 spiro atoms. The monoisotopic (exact) mass is 422 g/mol. The van der Waals surface area contributed by atoms with E-state index in [1.165, 1.54) is 13.2 Å². The number of ether oxygens (including phenoxy) is 2. The molecule has 0 bridgehead atoms. The fourth-order valence-corrected chi connectivity index (χ4v) is 3.41. The maximum Gasteiger partial charge on any atom is 0.342 e. The van der Waals surface area contributed by atoms with Gasteiger partial charge in [0.15, 0.2) is 0 Å². The Balaban J connectivity index is 0.000000612. The minimum Gasteiger partial charge on any atom is -0.495 e. The van der Waals surface area contributed by atoms with E-state index >= 15 is 0 Å². The number of guanidine groups is 1. The van der Waals surface area contributed by atoms with Gasteiger partial charge in [0, 0.05) is 12.8 Å². The van der Waals surface area contributed by atoms with Crippen molar-refractivity contribution in [3.63, 3.8) is 0 Å². The Kier molecular flexibility index (Phi) is 8.94. The summed E-state index contributed by atoms with van der Waals surface area (Å²) < 4.78 is 40.9. The standard InChI is InChI=1S/C17H20O5S.C2H6N4/c1-5-21-14-8-13(3)9-15(11-14)22-23(18,19)17-10-12(2)6-7-16(17)20-4;1-5-6-2(3)4/h6-11H,5H2,1-4H3;1H2,(H4,3,4,6). The molecular weight excluding hydrogens is 396 g/mol. The molecule has 29 heavy (non-hydrogen) atoms. The fourth-order valence-electron chi connectivity index (χ4n) is 2.24. The van der Waals surface area contributed by atoms with E-state index in [2.05, 4.69) is 16.9 Å². The minimum absolute atomic E-state index is 0.000494. The lowest BCUT2D eigenvalue weighted by Crippen LogP contribution is -2.21. The van der Waals surface area contributed by atoms with Crippen LogP contribution in [0.3, 0.4) is 0 Å². The lowest BCUT2D eigenvalue weighted by molar-refractivity contribution is 0.338. The third kappa shape index (κ3) is 7.70. The van der Waals surface area contributed by atoms with Gasteiger partial charge in [-0.3, -0.25) is 0 Å². The van der Waals surface area contributed by atoms with Crippen LogP contribution in [0, 0.1) is 13.8 Å². The molecule has 158 valence electrons. The van der Waals surface area contributed by atoms with Crippen molar-refractivity contribution >= 4 is 22.8 Å². The van der Waals surface area contributed by atoms with Crippen LogP contribution >= 0.6 is 0 Å². The highest BCUT2D eigenvalue weighted by molar-refractivity contribution is 7.87. The van der Waals surface area contributed by atoms with Crippen LogP contribution in [0.15, 0.2) is 51.5 Å². The average molecular weight is 423 g/mol. The van der Waals surface area contributed by atoms with Gasteiger partial charge in [-0.2, -0.15) is 13.5 Å². The van der Waals surface area contributed by atoms with Crippen molar-refractivity contribution < 1.29 is 22.1 Å². The maximum absolute atomic E-state index is 12.6. The van der Waals surface area contributed by atoms with Crippen LogP contribution in [0.5, 0.6) is 17.2 Å². The zero-order valence-corrected chi connectivity index (χ0v) is 17.7. The molecule has 0 saturated heterocycles. The summed E-state index contributed by atoms with van der Waals surface area (Å²) in [6, 6.07) is 9.91. The van der Waals surface area contributed by atoms with Crippen LogP contribution in [-0.2, 0) is 10.1 Å². The number of nitrogens with two attached hydrogens (primary N) is 2. The Hall–Kier alpha value is -3.27. The van der Waals surface area contributed by atoms with Crippen LogP contribution in [-0.4, -0.2) is 34.8 Å². The van der Waals surface area contributed by atoms with E-state index in [9.17, 15) is 8.42 Å². The Bertz CT molecular complexity index is 971. The second-order valence-corrected chi connectivity index (χ2v) is 7.29. The number of hydrogen-bond donors (Lipinski definition) is 2. The van der Waals surface area contributed by atoms with E-state index in [1.807, 2.05) is 19.9 Å². The lowest BCUT2D eigenvalue weighted by atomic mass is 10.2. The highest BCUT2D eigenvalue weighted by Gasteiger charge is 2.22. The van der Waals surface area contributed by atoms with Crippen LogP contribution in [0.25, 0.3) is 0 Å². The molecule has 0 unspecified atom stereocenters. The third-order valence-corrected chi connectivity index (χ3v) is 4.59. The van der Waals surface area contributed by atoms with Crippen molar-refractivity contribution in [1.29, 1.82) is 0 Å². The van der Waals surface area contributed by atoms with Crippen molar-refractivity contribution in [3.05, 3.63) is 47.5 Å². The highest BCUT2D eigenvalue weighted by Crippen LogP contribution is 2.30. The molecule has 2 aromatic rings. The highest BCUT2D eigenvalue weighted by atomic mass is 32.2. The predicted octanol–water partition coefficient (Wildman–Crippen LogP) is 2.35. The summed E-state index contributed by atoms with van der Waals surface area (Å²) in [4.78, 5) is -0.000494. The van der Waals surface area contributed by atoms with E-state index in [4.69, 9.17) is 25.1 Å². The molecule has 0 amide bonds. The lowest BCUT2D eigenvalue weighted by Gasteiger charge is -2.13. The van der Waals surface area contributed by atoms with Crippen LogP contribution < -0.4 is 25.1 Å². The van der Waals surface area contributed by atoms with Gasteiger partial charge in [-0.25, -0.2) is 0 Å². The van der Waals surface area contributed by atoms with Crippen molar-refractivity contribution in [2.24, 2.45) is 21.7 Å². The first-order valence-corrected chi connectivity index (χ1v) is 9.92. The van der Waals surface area contributed by atoms with Gasteiger partial charge in [0.05, 0.1) is 13.7 Å². The van der Waals surface area contributed by atoms with Crippen molar-refractivity contribution in [3.8, 4) is 17.2 Å². The molecule has 10 heteroatoms. The largest absolute Gasteiger partial charge is 0.495 e. The van der Waals surface area contributed by atoms with Gasteiger partial charge in [0.25, 0.3) is 0 Å². The van der Waals surface area contributed by atoms with Gasteiger partial charge in [0.2, 0.25) is 5.96 Å². The second-order valence-electron chi connectivity index (χ2n) is 5.77. The van der Waals surface area contributed by atoms with Gasteiger partial charge in [-0.05, 0) is 56.2 Å². The second kappa shape index (κ2) is 10.9. The molecule has 0 atom stereocenters. The van der Waals surface area contributed by atoms with Crippen molar-refractivity contribution in [2.45, 2.75) is 25.7 Å². The number of aryl methyl sites for hydroxylation is 2. The molecule has 0 aromatic heterocycles. The van der Waals surface area contributed by atoms with Crippen molar-refractivity contribution in [2.75, 3.05) is 13.7 Å². The summed E-state index contributed by atoms with van der Waals surface area (Å²) in [7, 11) is -2.59. The molecule has 9 nitrogen and oxygen atoms in total. The van der Waals surface area contributed by atoms with Gasteiger partial charge in [-0.1, -0.05) is 6.07 Å². The third-order valence-electron chi connectivity index (χ3n) is 3.32. The molecular formula is C19H26N4O5S. The van der Waals surface area contributed by atoms with Gasteiger partial charge in [0.1, 0.15) is 22.1 Å². The Morgan fingerprint density at radius 2 is 1.72 bits per heavy atom. The quantitative estimate of drug-likeness (QED) is 0.302. The zero-order valence-electron chi connectivity index (χ0n) is 16.9. The molecule has 0 fully saturated rings. The summed E-state index contributed by atoms with van der Waals surface area (Å²) in [6.07, 6.45) is 0. The summed E-state index contributed by atoms with van der Waals surface area (Å²) in [5.41, 5.74) is 11.2. The molecule has 2 aromatic carbocycles. The summed E-state index contributed by atoms with van der Waals surface area (Å²) in [5, 5.41) is 6.13. The Labute approximate surface area is 171 Å². The zero-order chi connectivity index (χ0) is 22.0. The van der Waals surface area contributed by atoms with Gasteiger partial charge >= 0.3 is 10.1 Å². The molecule has 0 aliphatic heterocycles. The summed E-state index contributed by atoms with van der Waals surface area (Å²) >= 11 is 0. The SMILES string of the molecule is C=NN=C(N)N.CCOc1cc(C)cc(OS(=O)(=O)c2cc(C)ccc2OC)c1. The number of nitrogens with zero attached hydrogens (tertiary/aromatic N) is 2. The van der Waals surface area contributed by atoms with E-state index < -0.39 is 10.1 Å². The predicted molar refractivity (Wildman–Crippen MR) is 113 cm³/mol. The molecule has 0 saturated carbocycles. The molecule has 2 rings (SSSR count). The van der Waals surface area contributed by atoms with Crippen LogP contribution in [0.4, 0.5) is 0 Å². The number of benzene rings is 2. The Morgan fingerprint density at radius 3 is 2.24 bits per heavy atom. The number of methoxy groups -OCH3 is 1. The Morgan fingerprint density at radius 1 is 1.07 bits per heavy atom. The molecule has 0 aliphatic rings. The van der Waals surface area contributed by atoms with Crippen molar-refractivity contribution in [1.82, 2.24) is 0 Å². The van der Waals surface area contributed by atoms with E-state index in [0.29, 0.717) is 12.4 Å². The summed E-state index contributed by atoms with van der Waals surface area (Å²) in [5.74, 6) is 0.948. The van der Waals surface area contributed by atoms with E-state index in [-0.39, 0.29) is 22.4 Å². The number of hydrogen-bond acceptors (Lipinski definition) is 7. The maximum atomic E-state index is 12.6. The number of rotatable bonds is 7. The van der Waals surface area contributed by atoms with Crippen LogP contribution in [0.1, 0.15) is 18.1 Å². The average Bonchev–Trinajstić information content (AvgIpc) is 2.61. The fraction of sp³-hybridized carbons (Fsp3) is 0.263. The first kappa shape index (κ1) is 23.8.